The second-order valence-corrected chi connectivity index (χ2v) is 7.80. The number of aromatic hydroxyl groups is 1. The average molecular weight is 464 g/mol. The van der Waals surface area contributed by atoms with E-state index in [2.05, 4.69) is 14.9 Å². The van der Waals surface area contributed by atoms with Crippen LogP contribution in [0.25, 0.3) is 22.0 Å². The van der Waals surface area contributed by atoms with Crippen molar-refractivity contribution >= 4 is 34.2 Å². The van der Waals surface area contributed by atoms with Gasteiger partial charge in [-0.3, -0.25) is 14.9 Å². The molecule has 168 valence electrons. The summed E-state index contributed by atoms with van der Waals surface area (Å²) in [4.78, 5) is 23.6. The largest absolute Gasteiger partial charge is 0.507 e. The van der Waals surface area contributed by atoms with E-state index in [4.69, 9.17) is 16.8 Å². The van der Waals surface area contributed by atoms with Crippen molar-refractivity contribution in [2.75, 3.05) is 37.6 Å². The number of nitrogens with zero attached hydrogens (tertiary/aromatic N) is 4. The standard InChI is InChI=1S/C21H20ClF2N5O3/c22-13-10-12-20(19(24)17(13)18-14(23)2-1-3-15(18)30)25-11-26-21(12)29-8-6-28(7-9-29)5-4-16(31)27-32/h1-3,10-11,30,32H,4-9H2,(H,27,31). The molecular formula is C21H20ClF2N5O3. The number of aromatic nitrogens is 2. The molecule has 0 unspecified atom stereocenters. The number of phenols is 1. The van der Waals surface area contributed by atoms with Crippen LogP contribution in [0.15, 0.2) is 30.6 Å². The monoisotopic (exact) mass is 463 g/mol. The summed E-state index contributed by atoms with van der Waals surface area (Å²) in [5.74, 6) is -2.02. The van der Waals surface area contributed by atoms with Crippen molar-refractivity contribution in [3.8, 4) is 16.9 Å². The van der Waals surface area contributed by atoms with Gasteiger partial charge in [0, 0.05) is 50.1 Å². The first-order valence-corrected chi connectivity index (χ1v) is 10.3. The van der Waals surface area contributed by atoms with Crippen LogP contribution in [0, 0.1) is 11.6 Å². The highest BCUT2D eigenvalue weighted by Gasteiger charge is 2.25. The van der Waals surface area contributed by atoms with E-state index in [1.807, 2.05) is 4.90 Å². The molecule has 1 aliphatic rings. The molecule has 1 aromatic heterocycles. The third-order valence-corrected chi connectivity index (χ3v) is 5.79. The number of rotatable bonds is 5. The summed E-state index contributed by atoms with van der Waals surface area (Å²) in [6.45, 7) is 2.92. The Labute approximate surface area is 187 Å². The van der Waals surface area contributed by atoms with E-state index in [1.165, 1.54) is 24.5 Å². The summed E-state index contributed by atoms with van der Waals surface area (Å²) in [6.07, 6.45) is 1.41. The predicted molar refractivity (Wildman–Crippen MR) is 115 cm³/mol. The Morgan fingerprint density at radius 3 is 2.59 bits per heavy atom. The fraction of sp³-hybridized carbons (Fsp3) is 0.286. The zero-order chi connectivity index (χ0) is 22.8. The number of hydroxylamine groups is 1. The molecule has 1 amide bonds. The first kappa shape index (κ1) is 22.1. The molecule has 1 aliphatic heterocycles. The molecule has 0 radical (unpaired) electrons. The van der Waals surface area contributed by atoms with Crippen molar-refractivity contribution in [2.45, 2.75) is 6.42 Å². The molecule has 0 saturated carbocycles. The highest BCUT2D eigenvalue weighted by molar-refractivity contribution is 6.34. The summed E-state index contributed by atoms with van der Waals surface area (Å²) in [5.41, 5.74) is 1.00. The Morgan fingerprint density at radius 1 is 1.16 bits per heavy atom. The highest BCUT2D eigenvalue weighted by Crippen LogP contribution is 2.42. The molecule has 11 heteroatoms. The van der Waals surface area contributed by atoms with E-state index in [9.17, 15) is 14.3 Å². The van der Waals surface area contributed by atoms with Gasteiger partial charge >= 0.3 is 0 Å². The van der Waals surface area contributed by atoms with Gasteiger partial charge in [0.2, 0.25) is 5.91 Å². The Bertz CT molecular complexity index is 1150. The number of piperazine rings is 1. The first-order chi connectivity index (χ1) is 15.4. The van der Waals surface area contributed by atoms with E-state index < -0.39 is 23.3 Å². The topological polar surface area (TPSA) is 102 Å². The lowest BCUT2D eigenvalue weighted by Crippen LogP contribution is -2.47. The molecule has 4 rings (SSSR count). The number of fused-ring (bicyclic) bond motifs is 1. The van der Waals surface area contributed by atoms with Crippen molar-refractivity contribution in [3.05, 3.63) is 47.2 Å². The van der Waals surface area contributed by atoms with E-state index in [0.29, 0.717) is 43.9 Å². The fourth-order valence-corrected chi connectivity index (χ4v) is 4.14. The predicted octanol–water partition coefficient (Wildman–Crippen LogP) is 2.95. The van der Waals surface area contributed by atoms with Gasteiger partial charge in [-0.15, -0.1) is 0 Å². The van der Waals surface area contributed by atoms with E-state index in [-0.39, 0.29) is 28.1 Å². The Kier molecular flexibility index (Phi) is 6.35. The number of phenolic OH excluding ortho intramolecular Hbond substituents is 1. The second kappa shape index (κ2) is 9.19. The SMILES string of the molecule is O=C(CCN1CCN(c2ncnc3c(F)c(-c4c(O)cccc4F)c(Cl)cc23)CC1)NO. The van der Waals surface area contributed by atoms with E-state index >= 15 is 4.39 Å². The minimum absolute atomic E-state index is 0.0286. The zero-order valence-corrected chi connectivity index (χ0v) is 17.6. The quantitative estimate of drug-likeness (QED) is 0.395. The van der Waals surface area contributed by atoms with E-state index in [1.54, 1.807) is 5.48 Å². The maximum absolute atomic E-state index is 15.5. The van der Waals surface area contributed by atoms with Crippen molar-refractivity contribution in [3.63, 3.8) is 0 Å². The van der Waals surface area contributed by atoms with Crippen LogP contribution in [0.3, 0.4) is 0 Å². The van der Waals surface area contributed by atoms with Gasteiger partial charge in [0.25, 0.3) is 0 Å². The van der Waals surface area contributed by atoms with Crippen LogP contribution in [0.5, 0.6) is 5.75 Å². The zero-order valence-electron chi connectivity index (χ0n) is 16.9. The molecule has 2 heterocycles. The van der Waals surface area contributed by atoms with Gasteiger partial charge in [0.1, 0.15) is 29.2 Å². The fourth-order valence-electron chi connectivity index (χ4n) is 3.86. The van der Waals surface area contributed by atoms with Crippen molar-refractivity contribution in [1.82, 2.24) is 20.3 Å². The van der Waals surface area contributed by atoms with Gasteiger partial charge < -0.3 is 10.0 Å². The maximum Gasteiger partial charge on any atom is 0.244 e. The normalized spacial score (nSPS) is 14.7. The molecule has 0 aliphatic carbocycles. The van der Waals surface area contributed by atoms with Gasteiger partial charge in [0.15, 0.2) is 5.82 Å². The number of hydrogen-bond acceptors (Lipinski definition) is 7. The number of carbonyl (C=O) groups is 1. The smallest absolute Gasteiger partial charge is 0.244 e. The number of hydrogen-bond donors (Lipinski definition) is 3. The van der Waals surface area contributed by atoms with Crippen LogP contribution < -0.4 is 10.4 Å². The molecular weight excluding hydrogens is 444 g/mol. The number of amides is 1. The van der Waals surface area contributed by atoms with Crippen LogP contribution in [0.2, 0.25) is 5.02 Å². The highest BCUT2D eigenvalue weighted by atomic mass is 35.5. The summed E-state index contributed by atoms with van der Waals surface area (Å²) >= 11 is 6.35. The number of nitrogens with one attached hydrogen (secondary N) is 1. The maximum atomic E-state index is 15.5. The number of halogens is 3. The van der Waals surface area contributed by atoms with Crippen LogP contribution in [-0.2, 0) is 4.79 Å². The molecule has 2 aromatic carbocycles. The van der Waals surface area contributed by atoms with Crippen LogP contribution in [-0.4, -0.2) is 63.8 Å². The lowest BCUT2D eigenvalue weighted by molar-refractivity contribution is -0.129. The van der Waals surface area contributed by atoms with Gasteiger partial charge in [-0.25, -0.2) is 24.2 Å². The third kappa shape index (κ3) is 4.16. The summed E-state index contributed by atoms with van der Waals surface area (Å²) in [5, 5.41) is 19.0. The summed E-state index contributed by atoms with van der Waals surface area (Å²) in [7, 11) is 0. The minimum Gasteiger partial charge on any atom is -0.507 e. The van der Waals surface area contributed by atoms with E-state index in [0.717, 1.165) is 6.07 Å². The molecule has 32 heavy (non-hydrogen) atoms. The van der Waals surface area contributed by atoms with Crippen molar-refractivity contribution in [2.24, 2.45) is 0 Å². The number of carbonyl (C=O) groups excluding carboxylic acids is 1. The number of anilines is 1. The molecule has 3 aromatic rings. The van der Waals surface area contributed by atoms with Gasteiger partial charge in [0.05, 0.1) is 10.6 Å². The van der Waals surface area contributed by atoms with Crippen molar-refractivity contribution < 1.29 is 23.9 Å². The first-order valence-electron chi connectivity index (χ1n) is 9.91. The van der Waals surface area contributed by atoms with Crippen LogP contribution >= 0.6 is 11.6 Å². The third-order valence-electron chi connectivity index (χ3n) is 5.49. The lowest BCUT2D eigenvalue weighted by atomic mass is 10.0. The molecule has 3 N–H and O–H groups in total. The molecule has 8 nitrogen and oxygen atoms in total. The van der Waals surface area contributed by atoms with Crippen molar-refractivity contribution in [1.29, 1.82) is 0 Å². The Hall–Kier alpha value is -3.08. The van der Waals surface area contributed by atoms with Crippen LogP contribution in [0.1, 0.15) is 6.42 Å². The molecule has 1 fully saturated rings. The molecule has 0 spiro atoms. The van der Waals surface area contributed by atoms with Gasteiger partial charge in [-0.1, -0.05) is 17.7 Å². The molecule has 0 atom stereocenters. The number of benzene rings is 2. The van der Waals surface area contributed by atoms with Crippen LogP contribution in [0.4, 0.5) is 14.6 Å². The Balaban J connectivity index is 1.65. The summed E-state index contributed by atoms with van der Waals surface area (Å²) < 4.78 is 29.8. The van der Waals surface area contributed by atoms with Gasteiger partial charge in [-0.05, 0) is 18.2 Å². The molecule has 0 bridgehead atoms. The minimum atomic E-state index is -0.842. The Morgan fingerprint density at radius 2 is 1.91 bits per heavy atom. The van der Waals surface area contributed by atoms with Gasteiger partial charge in [-0.2, -0.15) is 0 Å². The molecule has 1 saturated heterocycles. The lowest BCUT2D eigenvalue weighted by Gasteiger charge is -2.35. The second-order valence-electron chi connectivity index (χ2n) is 7.39. The summed E-state index contributed by atoms with van der Waals surface area (Å²) in [6, 6.07) is 5.17. The average Bonchev–Trinajstić information content (AvgIpc) is 2.79.